The molecule has 24 heteroatoms. The third kappa shape index (κ3) is 63.2. The molecule has 0 spiro atoms. The molecule has 0 aliphatic carbocycles. The zero-order chi connectivity index (χ0) is 86.4. The molecule has 0 aliphatic heterocycles. The van der Waals surface area contributed by atoms with E-state index in [1.165, 1.54) is 59.7 Å². The van der Waals surface area contributed by atoms with Gasteiger partial charge in [-0.05, 0) is 166 Å². The predicted octanol–water partition coefficient (Wildman–Crippen LogP) is 17.6. The van der Waals surface area contributed by atoms with Crippen LogP contribution < -0.4 is 78.7 Å². The Labute approximate surface area is 772 Å². The van der Waals surface area contributed by atoms with Crippen molar-refractivity contribution in [1.82, 2.24) is 19.9 Å². The molecule has 0 radical (unpaired) electrons. The van der Waals surface area contributed by atoms with E-state index in [0.717, 1.165) is 0 Å². The van der Waals surface area contributed by atoms with Gasteiger partial charge in [-0.15, -0.1) is 0 Å². The summed E-state index contributed by atoms with van der Waals surface area (Å²) in [7, 11) is 0. The van der Waals surface area contributed by atoms with Gasteiger partial charge in [0, 0.05) is 49.6 Å². The molecule has 0 saturated heterocycles. The van der Waals surface area contributed by atoms with Crippen LogP contribution in [0.5, 0.6) is 92.0 Å². The number of hydrogen-bond acceptors (Lipinski definition) is 20. The van der Waals surface area contributed by atoms with E-state index in [9.17, 15) is 40.9 Å². The average Bonchev–Trinajstić information content (AvgIpc) is 0.956. The maximum absolute atomic E-state index is 10.9. The Morgan fingerprint density at radius 2 is 0.270 bits per heavy atom. The van der Waals surface area contributed by atoms with E-state index in [0.29, 0.717) is 98.9 Å². The van der Waals surface area contributed by atoms with E-state index in [2.05, 4.69) is 58.0 Å². The van der Waals surface area contributed by atoms with E-state index in [-0.39, 0.29) is 124 Å². The molecule has 14 aromatic rings. The van der Waals surface area contributed by atoms with Crippen LogP contribution in [0.4, 0.5) is 0 Å². The summed E-state index contributed by atoms with van der Waals surface area (Å²) < 4.78 is 40.2. The molecule has 0 bridgehead atoms. The van der Waals surface area contributed by atoms with Crippen molar-refractivity contribution in [2.24, 2.45) is 0 Å². The van der Waals surface area contributed by atoms with Crippen LogP contribution in [0.25, 0.3) is 0 Å². The molecular formula is C98H108N4O16Zn4. The van der Waals surface area contributed by atoms with Crippen molar-refractivity contribution in [2.45, 2.75) is 69.2 Å². The van der Waals surface area contributed by atoms with Crippen molar-refractivity contribution in [2.75, 3.05) is 52.9 Å². The first-order valence-corrected chi connectivity index (χ1v) is 38.1. The summed E-state index contributed by atoms with van der Waals surface area (Å²) in [5.74, 6) is 3.07. The molecule has 14 rings (SSSR count). The average molecular weight is 1860 g/mol. The van der Waals surface area contributed by atoms with E-state index in [1.54, 1.807) is 195 Å². The number of benzene rings is 10. The summed E-state index contributed by atoms with van der Waals surface area (Å²) in [6, 6.07) is 96.6. The topological polar surface area (TPSA) is 310 Å². The molecule has 122 heavy (non-hydrogen) atoms. The maximum atomic E-state index is 10.9. The molecule has 0 unspecified atom stereocenters. The zero-order valence-electron chi connectivity index (χ0n) is 71.6. The summed E-state index contributed by atoms with van der Waals surface area (Å²) in [4.78, 5) is 15.1. The molecule has 0 aliphatic rings. The first kappa shape index (κ1) is 116. The van der Waals surface area contributed by atoms with Crippen molar-refractivity contribution in [3.05, 3.63) is 388 Å². The minimum atomic E-state index is -0.0515. The number of para-hydroxylation sites is 16. The molecule has 4 aromatic heterocycles. The number of ether oxygens (including phenoxy) is 8. The fourth-order valence-corrected chi connectivity index (χ4v) is 8.12. The summed E-state index contributed by atoms with van der Waals surface area (Å²) in [5.41, 5.74) is 2.64. The van der Waals surface area contributed by atoms with Crippen molar-refractivity contribution >= 4 is 0 Å². The minimum Gasteiger partial charge on any atom is -0.870 e. The summed E-state index contributed by atoms with van der Waals surface area (Å²) in [6.07, 6.45) is 14.0. The van der Waals surface area contributed by atoms with Crippen LogP contribution >= 0.6 is 0 Å². The molecule has 20 nitrogen and oxygen atoms in total. The Morgan fingerprint density at radius 3 is 0.344 bits per heavy atom. The third-order valence-corrected chi connectivity index (χ3v) is 13.3. The molecule has 0 atom stereocenters. The van der Waals surface area contributed by atoms with Crippen LogP contribution in [0.1, 0.15) is 66.5 Å². The van der Waals surface area contributed by atoms with Crippen LogP contribution in [0.3, 0.4) is 0 Å². The van der Waals surface area contributed by atoms with Gasteiger partial charge in [-0.25, -0.2) is 0 Å². The second-order valence-corrected chi connectivity index (χ2v) is 22.4. The maximum Gasteiger partial charge on any atom is 2.00 e. The smallest absolute Gasteiger partial charge is 0.870 e. The van der Waals surface area contributed by atoms with Gasteiger partial charge in [0.2, 0.25) is 0 Å². The van der Waals surface area contributed by atoms with Crippen molar-refractivity contribution in [3.8, 4) is 92.0 Å². The predicted molar refractivity (Wildman–Crippen MR) is 456 cm³/mol. The molecule has 0 saturated carbocycles. The van der Waals surface area contributed by atoms with Gasteiger partial charge in [0.05, 0.1) is 52.9 Å². The number of aromatic nitrogens is 4. The van der Waals surface area contributed by atoms with Crippen LogP contribution in [0.2, 0.25) is 0 Å². The Morgan fingerprint density at radius 1 is 0.164 bits per heavy atom. The van der Waals surface area contributed by atoms with Crippen LogP contribution in [-0.4, -0.2) is 72.8 Å². The van der Waals surface area contributed by atoms with Gasteiger partial charge in [0.1, 0.15) is 46.0 Å². The van der Waals surface area contributed by atoms with Gasteiger partial charge in [0.25, 0.3) is 0 Å². The second kappa shape index (κ2) is 82.8. The fourth-order valence-electron chi connectivity index (χ4n) is 8.12. The summed E-state index contributed by atoms with van der Waals surface area (Å²) in [5, 5.41) is 87.1. The molecule has 0 N–H and O–H groups in total. The third-order valence-electron chi connectivity index (χ3n) is 13.3. The number of aryl methyl sites for hydroxylation is 2. The largest absolute Gasteiger partial charge is 2.00 e. The van der Waals surface area contributed by atoms with Gasteiger partial charge in [-0.1, -0.05) is 288 Å². The standard InChI is InChI=1S/8C8H10O2.2C7H8.4C5H5N.4Zn/c8*1-2-10-8-6-4-3-5-7(8)9;2*1-7-5-3-2-4-6-7;4*1-2-4-6-5-3-1;;;;/h8*3-6,9H,2H2,1H3;2*2-6H,1H3;4*1-5H;;;;/q;;;;;;;;;;;;;;4*+2/p-8. The summed E-state index contributed by atoms with van der Waals surface area (Å²) >= 11 is 0. The molecule has 4 heterocycles. The number of nitrogens with zero attached hydrogens (tertiary/aromatic N) is 4. The zero-order valence-corrected chi connectivity index (χ0v) is 83.5. The van der Waals surface area contributed by atoms with Crippen molar-refractivity contribution in [3.63, 3.8) is 0 Å². The van der Waals surface area contributed by atoms with Gasteiger partial charge < -0.3 is 78.7 Å². The van der Waals surface area contributed by atoms with E-state index < -0.39 is 0 Å². The molecular weight excluding hydrogens is 1750 g/mol. The van der Waals surface area contributed by atoms with Gasteiger partial charge >= 0.3 is 77.9 Å². The van der Waals surface area contributed by atoms with Gasteiger partial charge in [-0.2, -0.15) is 0 Å². The Balaban J connectivity index is -0.000000615. The van der Waals surface area contributed by atoms with Gasteiger partial charge in [0.15, 0.2) is 0 Å². The SMILES string of the molecule is CCOc1ccccc1[O-].CCOc1ccccc1[O-].CCOc1ccccc1[O-].CCOc1ccccc1[O-].CCOc1ccccc1[O-].CCOc1ccccc1[O-].CCOc1ccccc1[O-].CCOc1ccccc1[O-].Cc1ccccc1.Cc1ccccc1.[Zn+2].[Zn+2].[Zn+2].[Zn+2].c1ccncc1.c1ccncc1.c1ccncc1.c1ccncc1. The number of rotatable bonds is 16. The van der Waals surface area contributed by atoms with Crippen LogP contribution in [0, 0.1) is 13.8 Å². The quantitative estimate of drug-likeness (QED) is 0.0811. The normalized spacial score (nSPS) is 8.67. The Kier molecular flexibility index (Phi) is 79.0. The number of pyridine rings is 4. The van der Waals surface area contributed by atoms with Crippen LogP contribution in [0.15, 0.2) is 377 Å². The van der Waals surface area contributed by atoms with E-state index in [1.807, 2.05) is 165 Å². The van der Waals surface area contributed by atoms with Crippen LogP contribution in [-0.2, 0) is 77.9 Å². The van der Waals surface area contributed by atoms with Crippen molar-refractivity contribution in [1.29, 1.82) is 0 Å². The molecule has 624 valence electrons. The van der Waals surface area contributed by atoms with Crippen molar-refractivity contribution < 1.29 is 157 Å². The minimum absolute atomic E-state index is 0. The van der Waals surface area contributed by atoms with E-state index in [4.69, 9.17) is 37.9 Å². The van der Waals surface area contributed by atoms with E-state index >= 15 is 0 Å². The molecule has 0 fully saturated rings. The Bertz CT molecular complexity index is 3740. The number of hydrogen-bond donors (Lipinski definition) is 0. The fraction of sp³-hybridized carbons (Fsp3) is 0.184. The monoisotopic (exact) mass is 1850 g/mol. The second-order valence-electron chi connectivity index (χ2n) is 22.4. The summed E-state index contributed by atoms with van der Waals surface area (Å²) in [6.45, 7) is 23.3. The first-order chi connectivity index (χ1) is 57.5. The van der Waals surface area contributed by atoms with Gasteiger partial charge in [-0.3, -0.25) is 19.9 Å². The molecule has 0 amide bonds. The Hall–Kier alpha value is -11.9. The molecule has 10 aromatic carbocycles. The first-order valence-electron chi connectivity index (χ1n) is 38.1.